The predicted molar refractivity (Wildman–Crippen MR) is 50.7 cm³/mol. The molecule has 10 heteroatoms. The number of aromatic nitrogens is 1. The van der Waals surface area contributed by atoms with E-state index in [0.29, 0.717) is 0 Å². The van der Waals surface area contributed by atoms with Crippen LogP contribution < -0.4 is 10.5 Å². The number of nitrogens with zero attached hydrogens (tertiary/aromatic N) is 1. The van der Waals surface area contributed by atoms with Gasteiger partial charge in [0.1, 0.15) is 0 Å². The second kappa shape index (κ2) is 5.34. The molecule has 0 aromatic carbocycles. The quantitative estimate of drug-likeness (QED) is 0.828. The van der Waals surface area contributed by atoms with Crippen LogP contribution in [0.25, 0.3) is 0 Å². The van der Waals surface area contributed by atoms with Crippen molar-refractivity contribution in [1.29, 1.82) is 0 Å². The van der Waals surface area contributed by atoms with Crippen molar-refractivity contribution in [1.82, 2.24) is 4.98 Å². The van der Waals surface area contributed by atoms with E-state index in [1.807, 2.05) is 0 Å². The number of carboxylic acids is 1. The van der Waals surface area contributed by atoms with Crippen LogP contribution in [0.15, 0.2) is 6.07 Å². The Balaban J connectivity index is 3.40. The third-order valence-electron chi connectivity index (χ3n) is 1.96. The van der Waals surface area contributed by atoms with Crippen LogP contribution in [0, 0.1) is 0 Å². The minimum atomic E-state index is -5.14. The Hall–Kier alpha value is -1.97. The third kappa shape index (κ3) is 3.74. The molecule has 106 valence electrons. The number of nitrogens with two attached hydrogens (primary N) is 1. The third-order valence-corrected chi connectivity index (χ3v) is 1.96. The van der Waals surface area contributed by atoms with Gasteiger partial charge in [0, 0.05) is 18.2 Å². The van der Waals surface area contributed by atoms with Gasteiger partial charge in [0.05, 0.1) is 11.3 Å². The van der Waals surface area contributed by atoms with Crippen LogP contribution in [0.4, 0.5) is 22.0 Å². The summed E-state index contributed by atoms with van der Waals surface area (Å²) in [5.74, 6) is -2.95. The van der Waals surface area contributed by atoms with Gasteiger partial charge < -0.3 is 15.6 Å². The van der Waals surface area contributed by atoms with E-state index in [1.165, 1.54) is 0 Å². The molecule has 0 radical (unpaired) electrons. The molecule has 0 saturated carbocycles. The van der Waals surface area contributed by atoms with Crippen LogP contribution >= 0.6 is 0 Å². The van der Waals surface area contributed by atoms with Gasteiger partial charge in [0.25, 0.3) is 6.43 Å². The summed E-state index contributed by atoms with van der Waals surface area (Å²) in [4.78, 5) is 14.0. The lowest BCUT2D eigenvalue weighted by molar-refractivity contribution is -0.276. The van der Waals surface area contributed by atoms with Crippen molar-refractivity contribution in [2.45, 2.75) is 19.3 Å². The minimum absolute atomic E-state index is 0.223. The van der Waals surface area contributed by atoms with Crippen molar-refractivity contribution >= 4 is 5.97 Å². The summed E-state index contributed by atoms with van der Waals surface area (Å²) in [5.41, 5.74) is 2.40. The Morgan fingerprint density at radius 2 is 2.05 bits per heavy atom. The van der Waals surface area contributed by atoms with Gasteiger partial charge in [0.15, 0.2) is 0 Å². The first-order chi connectivity index (χ1) is 8.65. The van der Waals surface area contributed by atoms with Gasteiger partial charge in [-0.05, 0) is 0 Å². The first kappa shape index (κ1) is 15.1. The fourth-order valence-corrected chi connectivity index (χ4v) is 1.33. The minimum Gasteiger partial charge on any atom is -0.478 e. The molecule has 19 heavy (non-hydrogen) atoms. The fraction of sp³-hybridized carbons (Fsp3) is 0.333. The monoisotopic (exact) mass is 286 g/mol. The average molecular weight is 286 g/mol. The van der Waals surface area contributed by atoms with E-state index in [2.05, 4.69) is 9.72 Å². The summed E-state index contributed by atoms with van der Waals surface area (Å²) < 4.78 is 64.6. The topological polar surface area (TPSA) is 85.4 Å². The number of aromatic carboxylic acids is 1. The van der Waals surface area contributed by atoms with Crippen molar-refractivity contribution in [3.8, 4) is 5.88 Å². The zero-order chi connectivity index (χ0) is 14.8. The number of carboxylic acid groups (broad SMARTS) is 1. The molecule has 1 aromatic rings. The van der Waals surface area contributed by atoms with E-state index in [4.69, 9.17) is 10.8 Å². The average Bonchev–Trinajstić information content (AvgIpc) is 2.24. The van der Waals surface area contributed by atoms with Gasteiger partial charge in [0.2, 0.25) is 5.88 Å². The number of halogens is 5. The molecule has 0 aliphatic rings. The van der Waals surface area contributed by atoms with Gasteiger partial charge in [-0.15, -0.1) is 13.2 Å². The summed E-state index contributed by atoms with van der Waals surface area (Å²) in [7, 11) is 0. The number of hydrogen-bond donors (Lipinski definition) is 2. The number of rotatable bonds is 4. The molecule has 0 saturated heterocycles. The van der Waals surface area contributed by atoms with E-state index >= 15 is 0 Å². The Bertz CT molecular complexity index is 489. The van der Waals surface area contributed by atoms with Gasteiger partial charge in [-0.2, -0.15) is 0 Å². The lowest BCUT2D eigenvalue weighted by atomic mass is 10.1. The summed E-state index contributed by atoms with van der Waals surface area (Å²) >= 11 is 0. The van der Waals surface area contributed by atoms with Crippen LogP contribution in [-0.4, -0.2) is 22.4 Å². The molecule has 0 spiro atoms. The van der Waals surface area contributed by atoms with Gasteiger partial charge in [-0.25, -0.2) is 18.6 Å². The van der Waals surface area contributed by atoms with Gasteiger partial charge in [-0.3, -0.25) is 0 Å². The van der Waals surface area contributed by atoms with E-state index < -0.39 is 48.0 Å². The number of pyridine rings is 1. The Morgan fingerprint density at radius 1 is 1.47 bits per heavy atom. The molecule has 0 unspecified atom stereocenters. The van der Waals surface area contributed by atoms with Gasteiger partial charge in [-0.1, -0.05) is 0 Å². The van der Waals surface area contributed by atoms with Crippen LogP contribution in [0.1, 0.15) is 28.0 Å². The molecule has 0 bridgehead atoms. The highest BCUT2D eigenvalue weighted by atomic mass is 19.4. The van der Waals surface area contributed by atoms with Crippen LogP contribution in [0.2, 0.25) is 0 Å². The highest BCUT2D eigenvalue weighted by Gasteiger charge is 2.33. The summed E-state index contributed by atoms with van der Waals surface area (Å²) in [6.07, 6.45) is -8.45. The van der Waals surface area contributed by atoms with E-state index in [1.54, 1.807) is 0 Å². The second-order valence-corrected chi connectivity index (χ2v) is 3.23. The molecule has 0 aliphatic heterocycles. The molecular weight excluding hydrogens is 279 g/mol. The number of hydrogen-bond acceptors (Lipinski definition) is 4. The predicted octanol–water partition coefficient (Wildman–Crippen LogP) is 2.07. The maximum atomic E-state index is 12.6. The lowest BCUT2D eigenvalue weighted by Crippen LogP contribution is -2.20. The maximum absolute atomic E-state index is 12.6. The second-order valence-electron chi connectivity index (χ2n) is 3.23. The lowest BCUT2D eigenvalue weighted by Gasteiger charge is -2.13. The smallest absolute Gasteiger partial charge is 0.478 e. The molecule has 0 aliphatic carbocycles. The standard InChI is InChI=1S/C9H7F5N2O3/c10-7(11)3-1-5(19-9(12,13)14)16-4(2-15)6(3)8(17)18/h1,7H,2,15H2,(H,17,18). The molecule has 1 rings (SSSR count). The summed E-state index contributed by atoms with van der Waals surface area (Å²) in [5, 5.41) is 8.76. The Kier molecular flexibility index (Phi) is 4.24. The molecule has 1 aromatic heterocycles. The number of alkyl halides is 5. The molecule has 1 heterocycles. The van der Waals surface area contributed by atoms with E-state index in [0.717, 1.165) is 0 Å². The molecule has 3 N–H and O–H groups in total. The normalized spacial score (nSPS) is 11.7. The van der Waals surface area contributed by atoms with Crippen molar-refractivity contribution in [3.05, 3.63) is 22.9 Å². The van der Waals surface area contributed by atoms with Crippen molar-refractivity contribution in [2.24, 2.45) is 5.73 Å². The number of ether oxygens (including phenoxy) is 1. The zero-order valence-electron chi connectivity index (χ0n) is 9.04. The molecule has 0 fully saturated rings. The molecule has 5 nitrogen and oxygen atoms in total. The van der Waals surface area contributed by atoms with Gasteiger partial charge >= 0.3 is 12.3 Å². The molecular formula is C9H7F5N2O3. The Morgan fingerprint density at radius 3 is 2.42 bits per heavy atom. The Labute approximate surface area is 102 Å². The van der Waals surface area contributed by atoms with Crippen LogP contribution in [0.5, 0.6) is 5.88 Å². The maximum Gasteiger partial charge on any atom is 0.574 e. The van der Waals surface area contributed by atoms with E-state index in [-0.39, 0.29) is 6.07 Å². The van der Waals surface area contributed by atoms with Crippen molar-refractivity contribution < 1.29 is 36.6 Å². The SMILES string of the molecule is NCc1nc(OC(F)(F)F)cc(C(F)F)c1C(=O)O. The van der Waals surface area contributed by atoms with Crippen molar-refractivity contribution in [3.63, 3.8) is 0 Å². The largest absolute Gasteiger partial charge is 0.574 e. The number of carbonyl (C=O) groups is 1. The first-order valence-electron chi connectivity index (χ1n) is 4.66. The first-order valence-corrected chi connectivity index (χ1v) is 4.66. The molecule has 0 atom stereocenters. The fourth-order valence-electron chi connectivity index (χ4n) is 1.33. The highest BCUT2D eigenvalue weighted by Crippen LogP contribution is 2.30. The summed E-state index contributed by atoms with van der Waals surface area (Å²) in [6, 6.07) is 0.223. The highest BCUT2D eigenvalue weighted by molar-refractivity contribution is 5.91. The summed E-state index contributed by atoms with van der Waals surface area (Å²) in [6.45, 7) is -0.629. The van der Waals surface area contributed by atoms with Crippen LogP contribution in [-0.2, 0) is 6.54 Å². The molecule has 0 amide bonds. The van der Waals surface area contributed by atoms with Crippen molar-refractivity contribution in [2.75, 3.05) is 0 Å². The zero-order valence-corrected chi connectivity index (χ0v) is 9.04. The van der Waals surface area contributed by atoms with E-state index in [9.17, 15) is 26.7 Å². The van der Waals surface area contributed by atoms with Crippen LogP contribution in [0.3, 0.4) is 0 Å².